The number of carboxylic acid groups (broad SMARTS) is 1. The maximum absolute atomic E-state index is 12.1. The number of benzene rings is 1. The Kier molecular flexibility index (Phi) is 4.81. The average Bonchev–Trinajstić information content (AvgIpc) is 2.41. The van der Waals surface area contributed by atoms with Gasteiger partial charge < -0.3 is 20.1 Å². The van der Waals surface area contributed by atoms with Crippen molar-refractivity contribution in [2.75, 3.05) is 25.0 Å². The van der Waals surface area contributed by atoms with Gasteiger partial charge in [-0.15, -0.1) is 0 Å². The van der Waals surface area contributed by atoms with Crippen LogP contribution in [-0.4, -0.2) is 47.8 Å². The fourth-order valence-electron chi connectivity index (χ4n) is 1.98. The predicted molar refractivity (Wildman–Crippen MR) is 74.0 cm³/mol. The van der Waals surface area contributed by atoms with Gasteiger partial charge >= 0.3 is 12.0 Å². The van der Waals surface area contributed by atoms with E-state index in [0.717, 1.165) is 0 Å². The predicted octanol–water partition coefficient (Wildman–Crippen LogP) is 2.05. The third-order valence-corrected chi connectivity index (χ3v) is 3.27. The van der Waals surface area contributed by atoms with E-state index in [0.29, 0.717) is 23.9 Å². The summed E-state index contributed by atoms with van der Waals surface area (Å²) in [5.41, 5.74) is 0.528. The summed E-state index contributed by atoms with van der Waals surface area (Å²) in [6.07, 6.45) is -0.589. The summed E-state index contributed by atoms with van der Waals surface area (Å²) < 4.78 is 5.31. The Hall–Kier alpha value is -1.79. The van der Waals surface area contributed by atoms with Crippen molar-refractivity contribution in [2.24, 2.45) is 0 Å². The second-order valence-corrected chi connectivity index (χ2v) is 4.85. The number of carboxylic acids is 1. The molecule has 7 heteroatoms. The molecule has 1 atom stereocenters. The van der Waals surface area contributed by atoms with E-state index in [1.54, 1.807) is 24.3 Å². The number of anilines is 1. The molecule has 0 bridgehead atoms. The van der Waals surface area contributed by atoms with Crippen LogP contribution in [0.3, 0.4) is 0 Å². The van der Waals surface area contributed by atoms with Gasteiger partial charge in [0.2, 0.25) is 0 Å². The molecular weight excluding hydrogens is 284 g/mol. The average molecular weight is 299 g/mol. The number of hydrogen-bond acceptors (Lipinski definition) is 3. The number of rotatable bonds is 3. The van der Waals surface area contributed by atoms with Crippen LogP contribution in [0, 0.1) is 0 Å². The number of nitrogens with zero attached hydrogens (tertiary/aromatic N) is 1. The zero-order valence-electron chi connectivity index (χ0n) is 10.7. The van der Waals surface area contributed by atoms with E-state index >= 15 is 0 Å². The maximum Gasteiger partial charge on any atom is 0.322 e. The van der Waals surface area contributed by atoms with Crippen LogP contribution in [0.25, 0.3) is 0 Å². The highest BCUT2D eigenvalue weighted by Crippen LogP contribution is 2.21. The lowest BCUT2D eigenvalue weighted by Gasteiger charge is -2.32. The minimum atomic E-state index is -0.941. The Bertz CT molecular complexity index is 509. The number of para-hydroxylation sites is 1. The van der Waals surface area contributed by atoms with Crippen LogP contribution in [-0.2, 0) is 9.53 Å². The maximum atomic E-state index is 12.1. The Morgan fingerprint density at radius 3 is 2.90 bits per heavy atom. The molecule has 1 aliphatic heterocycles. The number of morpholine rings is 1. The molecule has 2 rings (SSSR count). The molecule has 0 aliphatic carbocycles. The molecule has 1 aromatic carbocycles. The van der Waals surface area contributed by atoms with E-state index in [4.69, 9.17) is 21.4 Å². The largest absolute Gasteiger partial charge is 0.481 e. The normalized spacial score (nSPS) is 18.6. The number of nitrogens with one attached hydrogen (secondary N) is 1. The number of amides is 2. The molecule has 1 aromatic rings. The van der Waals surface area contributed by atoms with E-state index in [9.17, 15) is 9.59 Å². The second kappa shape index (κ2) is 6.58. The van der Waals surface area contributed by atoms with Crippen LogP contribution in [0.5, 0.6) is 0 Å². The van der Waals surface area contributed by atoms with Crippen LogP contribution in [0.4, 0.5) is 10.5 Å². The van der Waals surface area contributed by atoms with Gasteiger partial charge in [0.25, 0.3) is 0 Å². The summed E-state index contributed by atoms with van der Waals surface area (Å²) in [6, 6.07) is 6.62. The van der Waals surface area contributed by atoms with Crippen molar-refractivity contribution in [3.05, 3.63) is 29.3 Å². The topological polar surface area (TPSA) is 78.9 Å². The number of hydrogen-bond donors (Lipinski definition) is 2. The second-order valence-electron chi connectivity index (χ2n) is 4.45. The zero-order chi connectivity index (χ0) is 14.5. The number of urea groups is 1. The number of aliphatic carboxylic acids is 1. The fraction of sp³-hybridized carbons (Fsp3) is 0.385. The van der Waals surface area contributed by atoms with E-state index in [1.165, 1.54) is 4.90 Å². The van der Waals surface area contributed by atoms with Gasteiger partial charge in [0.15, 0.2) is 0 Å². The Morgan fingerprint density at radius 2 is 2.20 bits per heavy atom. The third-order valence-electron chi connectivity index (χ3n) is 2.94. The van der Waals surface area contributed by atoms with Gasteiger partial charge in [0, 0.05) is 13.1 Å². The molecule has 6 nitrogen and oxygen atoms in total. The van der Waals surface area contributed by atoms with Crippen molar-refractivity contribution in [3.8, 4) is 0 Å². The van der Waals surface area contributed by atoms with Gasteiger partial charge in [-0.3, -0.25) is 4.79 Å². The summed E-state index contributed by atoms with van der Waals surface area (Å²) >= 11 is 5.97. The molecule has 1 unspecified atom stereocenters. The standard InChI is InChI=1S/C13H15ClN2O4/c14-10-3-1-2-4-11(10)15-13(19)16-5-6-20-9(8-16)7-12(17)18/h1-4,9H,5-8H2,(H,15,19)(H,17,18). The van der Waals surface area contributed by atoms with Gasteiger partial charge in [-0.2, -0.15) is 0 Å². The molecule has 1 aliphatic rings. The number of carbonyl (C=O) groups excluding carboxylic acids is 1. The van der Waals surface area contributed by atoms with Crippen LogP contribution in [0.15, 0.2) is 24.3 Å². The molecule has 0 radical (unpaired) electrons. The fourth-order valence-corrected chi connectivity index (χ4v) is 2.16. The van der Waals surface area contributed by atoms with Crippen LogP contribution < -0.4 is 5.32 Å². The van der Waals surface area contributed by atoms with Gasteiger partial charge in [-0.1, -0.05) is 23.7 Å². The summed E-state index contributed by atoms with van der Waals surface area (Å²) in [4.78, 5) is 24.3. The summed E-state index contributed by atoms with van der Waals surface area (Å²) in [5.74, 6) is -0.941. The molecule has 2 N–H and O–H groups in total. The quantitative estimate of drug-likeness (QED) is 0.895. The molecule has 1 heterocycles. The van der Waals surface area contributed by atoms with E-state index in [-0.39, 0.29) is 19.0 Å². The van der Waals surface area contributed by atoms with Crippen LogP contribution in [0.1, 0.15) is 6.42 Å². The SMILES string of the molecule is O=C(O)CC1CN(C(=O)Nc2ccccc2Cl)CCO1. The van der Waals surface area contributed by atoms with Crippen molar-refractivity contribution in [2.45, 2.75) is 12.5 Å². The molecule has 108 valence electrons. The van der Waals surface area contributed by atoms with Gasteiger partial charge in [-0.25, -0.2) is 4.79 Å². The lowest BCUT2D eigenvalue weighted by Crippen LogP contribution is -2.47. The highest BCUT2D eigenvalue weighted by Gasteiger charge is 2.26. The lowest BCUT2D eigenvalue weighted by molar-refractivity contribution is -0.141. The molecule has 20 heavy (non-hydrogen) atoms. The minimum absolute atomic E-state index is 0.115. The van der Waals surface area contributed by atoms with E-state index < -0.39 is 12.1 Å². The molecule has 2 amide bonds. The number of halogens is 1. The van der Waals surface area contributed by atoms with Crippen molar-refractivity contribution >= 4 is 29.3 Å². The smallest absolute Gasteiger partial charge is 0.322 e. The van der Waals surface area contributed by atoms with Crippen molar-refractivity contribution < 1.29 is 19.4 Å². The first kappa shape index (κ1) is 14.6. The molecule has 1 saturated heterocycles. The Labute approximate surface area is 121 Å². The van der Waals surface area contributed by atoms with E-state index in [2.05, 4.69) is 5.32 Å². The first-order valence-electron chi connectivity index (χ1n) is 6.20. The molecule has 0 aromatic heterocycles. The van der Waals surface area contributed by atoms with Crippen molar-refractivity contribution in [1.82, 2.24) is 4.90 Å². The summed E-state index contributed by atoms with van der Waals surface area (Å²) in [6.45, 7) is 1.00. The third kappa shape index (κ3) is 3.85. The first-order chi connectivity index (χ1) is 9.56. The van der Waals surface area contributed by atoms with Gasteiger partial charge in [0.1, 0.15) is 0 Å². The van der Waals surface area contributed by atoms with Crippen LogP contribution in [0.2, 0.25) is 5.02 Å². The van der Waals surface area contributed by atoms with E-state index in [1.807, 2.05) is 0 Å². The zero-order valence-corrected chi connectivity index (χ0v) is 11.5. The van der Waals surface area contributed by atoms with Gasteiger partial charge in [0.05, 0.1) is 29.8 Å². The molecule has 1 fully saturated rings. The van der Waals surface area contributed by atoms with Crippen molar-refractivity contribution in [3.63, 3.8) is 0 Å². The molecule has 0 spiro atoms. The Morgan fingerprint density at radius 1 is 1.45 bits per heavy atom. The van der Waals surface area contributed by atoms with Crippen LogP contribution >= 0.6 is 11.6 Å². The monoisotopic (exact) mass is 298 g/mol. The highest BCUT2D eigenvalue weighted by molar-refractivity contribution is 6.33. The highest BCUT2D eigenvalue weighted by atomic mass is 35.5. The number of carbonyl (C=O) groups is 2. The van der Waals surface area contributed by atoms with Gasteiger partial charge in [-0.05, 0) is 12.1 Å². The van der Waals surface area contributed by atoms with Crippen molar-refractivity contribution in [1.29, 1.82) is 0 Å². The molecule has 0 saturated carbocycles. The Balaban J connectivity index is 1.95. The minimum Gasteiger partial charge on any atom is -0.481 e. The number of ether oxygens (including phenoxy) is 1. The molecular formula is C13H15ClN2O4. The lowest BCUT2D eigenvalue weighted by atomic mass is 10.2. The summed E-state index contributed by atoms with van der Waals surface area (Å²) in [5, 5.41) is 11.9. The summed E-state index contributed by atoms with van der Waals surface area (Å²) in [7, 11) is 0. The first-order valence-corrected chi connectivity index (χ1v) is 6.58.